The van der Waals surface area contributed by atoms with E-state index in [2.05, 4.69) is 22.0 Å². The molecule has 1 aliphatic rings. The highest BCUT2D eigenvalue weighted by Gasteiger charge is 2.21. The van der Waals surface area contributed by atoms with Crippen LogP contribution in [0.25, 0.3) is 11.0 Å². The van der Waals surface area contributed by atoms with Gasteiger partial charge in [-0.1, -0.05) is 23.4 Å². The Kier molecular flexibility index (Phi) is 4.61. The van der Waals surface area contributed by atoms with Crippen LogP contribution in [0, 0.1) is 5.82 Å². The molecule has 3 aromatic rings. The Labute approximate surface area is 151 Å². The number of aromatic hydroxyl groups is 1. The molecule has 2 aromatic carbocycles. The molecule has 0 atom stereocenters. The average Bonchev–Trinajstić information content (AvgIpc) is 3.04. The van der Waals surface area contributed by atoms with E-state index in [1.54, 1.807) is 24.3 Å². The van der Waals surface area contributed by atoms with Crippen LogP contribution in [0.4, 0.5) is 4.39 Å². The Morgan fingerprint density at radius 3 is 2.65 bits per heavy atom. The molecule has 0 bridgehead atoms. The van der Waals surface area contributed by atoms with Gasteiger partial charge in [0.05, 0.1) is 11.3 Å². The summed E-state index contributed by atoms with van der Waals surface area (Å²) in [5.74, 6) is -0.0369. The maximum Gasteiger partial charge on any atom is 0.175 e. The molecule has 26 heavy (non-hydrogen) atoms. The molecule has 0 radical (unpaired) electrons. The van der Waals surface area contributed by atoms with E-state index in [4.69, 9.17) is 4.52 Å². The lowest BCUT2D eigenvalue weighted by Gasteiger charge is -2.32. The van der Waals surface area contributed by atoms with Gasteiger partial charge in [-0.2, -0.15) is 0 Å². The van der Waals surface area contributed by atoms with E-state index < -0.39 is 0 Å². The molecule has 0 saturated carbocycles. The van der Waals surface area contributed by atoms with Gasteiger partial charge in [0.25, 0.3) is 0 Å². The SMILES string of the molecule is CN1CCN(Cc2c(O)ccc3c(Cc4ccccc4F)noc23)CC1. The summed E-state index contributed by atoms with van der Waals surface area (Å²) in [6.07, 6.45) is 0.360. The van der Waals surface area contributed by atoms with Crippen molar-refractivity contribution in [2.45, 2.75) is 13.0 Å². The Morgan fingerprint density at radius 2 is 1.88 bits per heavy atom. The van der Waals surface area contributed by atoms with Crippen molar-refractivity contribution in [1.82, 2.24) is 15.0 Å². The number of benzene rings is 2. The molecule has 2 heterocycles. The van der Waals surface area contributed by atoms with Crippen molar-refractivity contribution in [2.24, 2.45) is 0 Å². The van der Waals surface area contributed by atoms with E-state index >= 15 is 0 Å². The van der Waals surface area contributed by atoms with Crippen LogP contribution in [-0.2, 0) is 13.0 Å². The third-order valence-electron chi connectivity index (χ3n) is 5.09. The lowest BCUT2D eigenvalue weighted by Crippen LogP contribution is -2.43. The number of hydrogen-bond acceptors (Lipinski definition) is 5. The van der Waals surface area contributed by atoms with Crippen LogP contribution in [0.3, 0.4) is 0 Å². The second-order valence-corrected chi connectivity index (χ2v) is 6.92. The molecule has 6 heteroatoms. The summed E-state index contributed by atoms with van der Waals surface area (Å²) in [5, 5.41) is 15.3. The third-order valence-corrected chi connectivity index (χ3v) is 5.09. The summed E-state index contributed by atoms with van der Waals surface area (Å²) >= 11 is 0. The molecule has 1 saturated heterocycles. The zero-order valence-corrected chi connectivity index (χ0v) is 14.8. The molecule has 5 nitrogen and oxygen atoms in total. The number of piperazine rings is 1. The Hall–Kier alpha value is -2.44. The molecular formula is C20H22FN3O2. The Bertz CT molecular complexity index is 917. The number of hydrogen-bond donors (Lipinski definition) is 1. The van der Waals surface area contributed by atoms with E-state index in [-0.39, 0.29) is 11.6 Å². The van der Waals surface area contributed by atoms with Gasteiger partial charge in [-0.05, 0) is 30.8 Å². The first-order valence-corrected chi connectivity index (χ1v) is 8.85. The maximum absolute atomic E-state index is 14.0. The van der Waals surface area contributed by atoms with Gasteiger partial charge in [-0.25, -0.2) is 4.39 Å². The van der Waals surface area contributed by atoms with Gasteiger partial charge in [0.15, 0.2) is 5.58 Å². The minimum Gasteiger partial charge on any atom is -0.507 e. The number of aromatic nitrogens is 1. The zero-order valence-electron chi connectivity index (χ0n) is 14.8. The average molecular weight is 355 g/mol. The molecule has 0 amide bonds. The fraction of sp³-hybridized carbons (Fsp3) is 0.350. The number of nitrogens with zero attached hydrogens (tertiary/aromatic N) is 3. The van der Waals surface area contributed by atoms with Gasteiger partial charge < -0.3 is 14.5 Å². The van der Waals surface area contributed by atoms with E-state index in [0.29, 0.717) is 29.8 Å². The lowest BCUT2D eigenvalue weighted by molar-refractivity contribution is 0.147. The fourth-order valence-corrected chi connectivity index (χ4v) is 3.43. The highest BCUT2D eigenvalue weighted by Crippen LogP contribution is 2.31. The number of likely N-dealkylation sites (N-methyl/N-ethyl adjacent to an activating group) is 1. The minimum absolute atomic E-state index is 0.213. The van der Waals surface area contributed by atoms with E-state index in [0.717, 1.165) is 37.1 Å². The second kappa shape index (κ2) is 7.05. The van der Waals surface area contributed by atoms with Crippen molar-refractivity contribution < 1.29 is 14.0 Å². The standard InChI is InChI=1S/C20H22FN3O2/c1-23-8-10-24(11-9-23)13-16-19(25)7-6-15-18(22-26-20(15)16)12-14-4-2-3-5-17(14)21/h2-7,25H,8-13H2,1H3. The van der Waals surface area contributed by atoms with Gasteiger partial charge in [0.1, 0.15) is 11.6 Å². The van der Waals surface area contributed by atoms with Crippen molar-refractivity contribution >= 4 is 11.0 Å². The van der Waals surface area contributed by atoms with Crippen LogP contribution in [0.15, 0.2) is 40.9 Å². The van der Waals surface area contributed by atoms with Crippen molar-refractivity contribution in [3.63, 3.8) is 0 Å². The van der Waals surface area contributed by atoms with E-state index in [1.807, 2.05) is 6.07 Å². The Balaban J connectivity index is 1.64. The predicted octanol–water partition coefficient (Wildman–Crippen LogP) is 3.01. The largest absolute Gasteiger partial charge is 0.507 e. The smallest absolute Gasteiger partial charge is 0.175 e. The van der Waals surface area contributed by atoms with Crippen LogP contribution < -0.4 is 0 Å². The molecule has 1 aliphatic heterocycles. The molecule has 136 valence electrons. The van der Waals surface area contributed by atoms with Crippen molar-refractivity contribution in [3.05, 3.63) is 59.0 Å². The van der Waals surface area contributed by atoms with E-state index in [9.17, 15) is 9.50 Å². The first-order chi connectivity index (χ1) is 12.6. The first kappa shape index (κ1) is 17.0. The highest BCUT2D eigenvalue weighted by molar-refractivity contribution is 5.84. The summed E-state index contributed by atoms with van der Waals surface area (Å²) in [7, 11) is 2.11. The van der Waals surface area contributed by atoms with Crippen molar-refractivity contribution in [2.75, 3.05) is 33.2 Å². The quantitative estimate of drug-likeness (QED) is 0.780. The normalized spacial score (nSPS) is 16.4. The van der Waals surface area contributed by atoms with Crippen LogP contribution in [0.5, 0.6) is 5.75 Å². The van der Waals surface area contributed by atoms with Gasteiger partial charge in [-0.3, -0.25) is 4.90 Å². The summed E-state index contributed by atoms with van der Waals surface area (Å²) < 4.78 is 19.5. The van der Waals surface area contributed by atoms with Crippen LogP contribution in [0.2, 0.25) is 0 Å². The molecular weight excluding hydrogens is 333 g/mol. The molecule has 0 aliphatic carbocycles. The molecule has 0 unspecified atom stereocenters. The van der Waals surface area contributed by atoms with Crippen LogP contribution >= 0.6 is 0 Å². The highest BCUT2D eigenvalue weighted by atomic mass is 19.1. The number of halogens is 1. The minimum atomic E-state index is -0.250. The predicted molar refractivity (Wildman–Crippen MR) is 97.7 cm³/mol. The van der Waals surface area contributed by atoms with Gasteiger partial charge in [0, 0.05) is 44.5 Å². The molecule has 1 N–H and O–H groups in total. The van der Waals surface area contributed by atoms with Crippen molar-refractivity contribution in [1.29, 1.82) is 0 Å². The maximum atomic E-state index is 14.0. The summed E-state index contributed by atoms with van der Waals surface area (Å²) in [6, 6.07) is 10.2. The molecule has 4 rings (SSSR count). The molecule has 0 spiro atoms. The summed E-state index contributed by atoms with van der Waals surface area (Å²) in [6.45, 7) is 4.52. The van der Waals surface area contributed by atoms with Crippen LogP contribution in [0.1, 0.15) is 16.8 Å². The van der Waals surface area contributed by atoms with E-state index in [1.165, 1.54) is 6.07 Å². The lowest BCUT2D eigenvalue weighted by atomic mass is 10.0. The summed E-state index contributed by atoms with van der Waals surface area (Å²) in [4.78, 5) is 4.59. The van der Waals surface area contributed by atoms with Gasteiger partial charge in [-0.15, -0.1) is 0 Å². The fourth-order valence-electron chi connectivity index (χ4n) is 3.43. The van der Waals surface area contributed by atoms with Crippen LogP contribution in [-0.4, -0.2) is 53.3 Å². The molecule has 1 aromatic heterocycles. The van der Waals surface area contributed by atoms with Gasteiger partial charge >= 0.3 is 0 Å². The number of phenols is 1. The van der Waals surface area contributed by atoms with Gasteiger partial charge in [0.2, 0.25) is 0 Å². The monoisotopic (exact) mass is 355 g/mol. The topological polar surface area (TPSA) is 52.7 Å². The molecule has 1 fully saturated rings. The Morgan fingerprint density at radius 1 is 1.12 bits per heavy atom. The van der Waals surface area contributed by atoms with Crippen molar-refractivity contribution in [3.8, 4) is 5.75 Å². The number of fused-ring (bicyclic) bond motifs is 1. The summed E-state index contributed by atoms with van der Waals surface area (Å²) in [5.41, 5.74) is 2.61. The zero-order chi connectivity index (χ0) is 18.1. The number of phenolic OH excluding ortho intramolecular Hbond substituents is 1. The first-order valence-electron chi connectivity index (χ1n) is 8.85. The second-order valence-electron chi connectivity index (χ2n) is 6.92. The third kappa shape index (κ3) is 3.30. The number of rotatable bonds is 4.